The molecule has 2 nitrogen and oxygen atoms in total. The van der Waals surface area contributed by atoms with Gasteiger partial charge in [0.1, 0.15) is 0 Å². The molecule has 114 valence electrons. The molecule has 0 aromatic rings. The molecule has 0 aromatic heterocycles. The Bertz CT molecular complexity index is 238. The van der Waals surface area contributed by atoms with Gasteiger partial charge in [0.15, 0.2) is 0 Å². The summed E-state index contributed by atoms with van der Waals surface area (Å²) in [5, 5.41) is 3.39. The lowest BCUT2D eigenvalue weighted by Crippen LogP contribution is -2.44. The Kier molecular flexibility index (Phi) is 12.9. The van der Waals surface area contributed by atoms with Crippen molar-refractivity contribution in [2.75, 3.05) is 39.4 Å². The third-order valence-electron chi connectivity index (χ3n) is 3.17. The monoisotopic (exact) mass is 290 g/mol. The van der Waals surface area contributed by atoms with Crippen LogP contribution in [0.25, 0.3) is 0 Å². The van der Waals surface area contributed by atoms with E-state index in [9.17, 15) is 4.39 Å². The molecule has 1 N–H and O–H groups in total. The van der Waals surface area contributed by atoms with Gasteiger partial charge in [-0.25, -0.2) is 0 Å². The fraction of sp³-hybridized carbons (Fsp3) is 0.867. The smallest absolute Gasteiger partial charge is 0.0866 e. The number of alkyl halides is 1. The maximum Gasteiger partial charge on any atom is 0.0866 e. The van der Waals surface area contributed by atoms with Crippen molar-refractivity contribution in [3.05, 3.63) is 10.5 Å². The summed E-state index contributed by atoms with van der Waals surface area (Å²) in [7, 11) is 0. The molecule has 1 heterocycles. The first-order valence-corrected chi connectivity index (χ1v) is 8.11. The Balaban J connectivity index is 0.000000573. The third-order valence-corrected chi connectivity index (χ3v) is 3.71. The highest BCUT2D eigenvalue weighted by atomic mass is 32.1. The van der Waals surface area contributed by atoms with Crippen molar-refractivity contribution in [2.45, 2.75) is 46.5 Å². The van der Waals surface area contributed by atoms with Crippen LogP contribution in [-0.2, 0) is 0 Å². The van der Waals surface area contributed by atoms with Crippen LogP contribution in [0.4, 0.5) is 4.39 Å². The maximum atomic E-state index is 10.3. The van der Waals surface area contributed by atoms with Crippen molar-refractivity contribution in [3.8, 4) is 0 Å². The normalized spacial score (nSPS) is 20.1. The Labute approximate surface area is 124 Å². The number of rotatable bonds is 2. The van der Waals surface area contributed by atoms with Crippen molar-refractivity contribution in [2.24, 2.45) is 0 Å². The quantitative estimate of drug-likeness (QED) is 0.755. The molecule has 1 fully saturated rings. The van der Waals surface area contributed by atoms with E-state index in [4.69, 9.17) is 0 Å². The van der Waals surface area contributed by atoms with E-state index in [-0.39, 0.29) is 6.67 Å². The van der Waals surface area contributed by atoms with Crippen molar-refractivity contribution in [1.82, 2.24) is 10.2 Å². The molecule has 2 rings (SSSR count). The largest absolute Gasteiger partial charge is 0.314 e. The van der Waals surface area contributed by atoms with Crippen LogP contribution in [0.15, 0.2) is 10.5 Å². The number of allylic oxidation sites excluding steroid dienone is 1. The summed E-state index contributed by atoms with van der Waals surface area (Å²) < 4.78 is 10.3. The molecule has 0 amide bonds. The SMILES string of the molecule is CC.CCF.SC1=C(CN2CCNCC2)CCCC1. The number of nitrogens with one attached hydrogen (secondary N) is 1. The van der Waals surface area contributed by atoms with Gasteiger partial charge >= 0.3 is 0 Å². The van der Waals surface area contributed by atoms with E-state index in [2.05, 4.69) is 22.8 Å². The van der Waals surface area contributed by atoms with Gasteiger partial charge in [0.05, 0.1) is 6.67 Å². The second-order valence-corrected chi connectivity index (χ2v) is 5.09. The van der Waals surface area contributed by atoms with Gasteiger partial charge in [-0.1, -0.05) is 13.8 Å². The van der Waals surface area contributed by atoms with E-state index >= 15 is 0 Å². The molecule has 4 heteroatoms. The van der Waals surface area contributed by atoms with E-state index in [1.54, 1.807) is 5.57 Å². The number of piperazine rings is 1. The van der Waals surface area contributed by atoms with E-state index < -0.39 is 0 Å². The number of halogens is 1. The molecule has 2 aliphatic rings. The molecule has 0 unspecified atom stereocenters. The highest BCUT2D eigenvalue weighted by Gasteiger charge is 2.15. The third kappa shape index (κ3) is 8.66. The molecule has 0 saturated carbocycles. The zero-order chi connectivity index (χ0) is 14.5. The summed E-state index contributed by atoms with van der Waals surface area (Å²) in [5.41, 5.74) is 1.60. The van der Waals surface area contributed by atoms with Gasteiger partial charge in [-0.15, -0.1) is 12.6 Å². The van der Waals surface area contributed by atoms with Crippen LogP contribution >= 0.6 is 12.6 Å². The topological polar surface area (TPSA) is 15.3 Å². The van der Waals surface area contributed by atoms with Gasteiger partial charge in [0.2, 0.25) is 0 Å². The van der Waals surface area contributed by atoms with Gasteiger partial charge in [-0.3, -0.25) is 9.29 Å². The number of hydrogen-bond donors (Lipinski definition) is 2. The highest BCUT2D eigenvalue weighted by Crippen LogP contribution is 2.27. The molecular formula is C15H31FN2S. The van der Waals surface area contributed by atoms with Crippen LogP contribution in [0.5, 0.6) is 0 Å². The van der Waals surface area contributed by atoms with Crippen LogP contribution in [0.2, 0.25) is 0 Å². The lowest BCUT2D eigenvalue weighted by atomic mass is 9.98. The first-order valence-electron chi connectivity index (χ1n) is 7.66. The van der Waals surface area contributed by atoms with Crippen molar-refractivity contribution < 1.29 is 4.39 Å². The highest BCUT2D eigenvalue weighted by molar-refractivity contribution is 7.84. The Morgan fingerprint density at radius 3 is 2.21 bits per heavy atom. The van der Waals surface area contributed by atoms with Gasteiger partial charge in [-0.05, 0) is 43.1 Å². The van der Waals surface area contributed by atoms with E-state index in [0.29, 0.717) is 0 Å². The first kappa shape index (κ1) is 18.9. The lowest BCUT2D eigenvalue weighted by Gasteiger charge is -2.29. The summed E-state index contributed by atoms with van der Waals surface area (Å²) >= 11 is 4.59. The summed E-state index contributed by atoms with van der Waals surface area (Å²) in [5.74, 6) is 0. The molecule has 0 atom stereocenters. The number of hydrogen-bond acceptors (Lipinski definition) is 3. The van der Waals surface area contributed by atoms with Gasteiger partial charge < -0.3 is 5.32 Å². The molecule has 0 aromatic carbocycles. The maximum absolute atomic E-state index is 10.3. The van der Waals surface area contributed by atoms with Gasteiger partial charge in [0, 0.05) is 32.7 Å². The standard InChI is InChI=1S/C11H20N2S.C2H5F.C2H6/c14-11-4-2-1-3-10(11)9-13-7-5-12-6-8-13;1-2-3;1-2/h12,14H,1-9H2;2H2,1H3;1-2H3. The van der Waals surface area contributed by atoms with Crippen molar-refractivity contribution in [3.63, 3.8) is 0 Å². The summed E-state index contributed by atoms with van der Waals surface area (Å²) in [6.07, 6.45) is 5.20. The lowest BCUT2D eigenvalue weighted by molar-refractivity contribution is 0.256. The van der Waals surface area contributed by atoms with E-state index in [0.717, 1.165) is 13.1 Å². The fourth-order valence-corrected chi connectivity index (χ4v) is 2.60. The first-order chi connectivity index (χ1) is 9.27. The van der Waals surface area contributed by atoms with Crippen LogP contribution in [0.1, 0.15) is 46.5 Å². The molecule has 0 bridgehead atoms. The minimum absolute atomic E-state index is 0.250. The summed E-state index contributed by atoms with van der Waals surface area (Å²) in [4.78, 5) is 3.92. The van der Waals surface area contributed by atoms with E-state index in [1.165, 1.54) is 57.1 Å². The summed E-state index contributed by atoms with van der Waals surface area (Å²) in [6.45, 7) is 11.1. The second kappa shape index (κ2) is 12.9. The van der Waals surface area contributed by atoms with Crippen molar-refractivity contribution in [1.29, 1.82) is 0 Å². The van der Waals surface area contributed by atoms with Gasteiger partial charge in [-0.2, -0.15) is 0 Å². The molecular weight excluding hydrogens is 259 g/mol. The number of nitrogens with zero attached hydrogens (tertiary/aromatic N) is 1. The molecule has 19 heavy (non-hydrogen) atoms. The molecule has 1 aliphatic heterocycles. The van der Waals surface area contributed by atoms with Gasteiger partial charge in [0.25, 0.3) is 0 Å². The minimum Gasteiger partial charge on any atom is -0.314 e. The summed E-state index contributed by atoms with van der Waals surface area (Å²) in [6, 6.07) is 0. The minimum atomic E-state index is -0.250. The van der Waals surface area contributed by atoms with Crippen LogP contribution in [0.3, 0.4) is 0 Å². The Hall–Kier alpha value is -0.0600. The average Bonchev–Trinajstić information content (AvgIpc) is 2.46. The second-order valence-electron chi connectivity index (χ2n) is 4.55. The Morgan fingerprint density at radius 2 is 1.68 bits per heavy atom. The molecule has 0 spiro atoms. The molecule has 0 radical (unpaired) electrons. The van der Waals surface area contributed by atoms with E-state index in [1.807, 2.05) is 13.8 Å². The zero-order valence-corrected chi connectivity index (χ0v) is 13.7. The molecule has 1 aliphatic carbocycles. The van der Waals surface area contributed by atoms with Crippen LogP contribution < -0.4 is 5.32 Å². The zero-order valence-electron chi connectivity index (χ0n) is 12.8. The Morgan fingerprint density at radius 1 is 1.16 bits per heavy atom. The predicted molar refractivity (Wildman–Crippen MR) is 86.8 cm³/mol. The van der Waals surface area contributed by atoms with Crippen LogP contribution in [0, 0.1) is 0 Å². The molecule has 1 saturated heterocycles. The average molecular weight is 290 g/mol. The number of thiol groups is 1. The fourth-order valence-electron chi connectivity index (χ4n) is 2.26. The van der Waals surface area contributed by atoms with Crippen molar-refractivity contribution >= 4 is 12.6 Å². The predicted octanol–water partition coefficient (Wildman–Crippen LogP) is 3.65. The van der Waals surface area contributed by atoms with Crippen LogP contribution in [-0.4, -0.2) is 44.3 Å².